The fraction of sp³-hybridized carbons (Fsp3) is 0.765. The third-order valence-electron chi connectivity index (χ3n) is 4.60. The Balaban J connectivity index is 1.47. The van der Waals surface area contributed by atoms with Crippen LogP contribution in [0.3, 0.4) is 0 Å². The van der Waals surface area contributed by atoms with Crippen LogP contribution >= 0.6 is 11.3 Å². The number of nitrogens with one attached hydrogen (secondary N) is 1. The van der Waals surface area contributed by atoms with Crippen LogP contribution in [-0.4, -0.2) is 25.4 Å². The smallest absolute Gasteiger partial charge is 0.0731 e. The molecule has 2 fully saturated rings. The van der Waals surface area contributed by atoms with Crippen molar-refractivity contribution in [3.05, 3.63) is 21.4 Å². The first-order chi connectivity index (χ1) is 10.2. The minimum absolute atomic E-state index is 0.371. The molecule has 3 nitrogen and oxygen atoms in total. The molecule has 0 saturated heterocycles. The van der Waals surface area contributed by atoms with E-state index in [4.69, 9.17) is 9.47 Å². The van der Waals surface area contributed by atoms with Crippen LogP contribution in [0, 0.1) is 6.92 Å². The molecule has 0 amide bonds. The van der Waals surface area contributed by atoms with E-state index in [9.17, 15) is 0 Å². The number of hydrogen-bond acceptors (Lipinski definition) is 4. The van der Waals surface area contributed by atoms with Crippen molar-refractivity contribution in [1.82, 2.24) is 5.32 Å². The molecule has 1 aromatic rings. The largest absolute Gasteiger partial charge is 0.381 e. The molecule has 1 aromatic heterocycles. The van der Waals surface area contributed by atoms with Gasteiger partial charge in [0.05, 0.1) is 18.8 Å². The van der Waals surface area contributed by atoms with Crippen molar-refractivity contribution in [3.8, 4) is 0 Å². The van der Waals surface area contributed by atoms with Gasteiger partial charge >= 0.3 is 0 Å². The molecule has 4 heteroatoms. The van der Waals surface area contributed by atoms with Gasteiger partial charge < -0.3 is 14.8 Å². The van der Waals surface area contributed by atoms with Crippen molar-refractivity contribution < 1.29 is 9.47 Å². The van der Waals surface area contributed by atoms with Crippen LogP contribution in [0.2, 0.25) is 0 Å². The summed E-state index contributed by atoms with van der Waals surface area (Å²) in [5.41, 5.74) is 1.37. The van der Waals surface area contributed by atoms with E-state index >= 15 is 0 Å². The van der Waals surface area contributed by atoms with E-state index in [1.165, 1.54) is 47.4 Å². The predicted molar refractivity (Wildman–Crippen MR) is 86.8 cm³/mol. The topological polar surface area (TPSA) is 30.5 Å². The minimum atomic E-state index is 0.371. The molecule has 0 spiro atoms. The average molecular weight is 309 g/mol. The lowest BCUT2D eigenvalue weighted by atomic mass is 9.95. The molecule has 118 valence electrons. The van der Waals surface area contributed by atoms with Crippen LogP contribution in [0.25, 0.3) is 0 Å². The quantitative estimate of drug-likeness (QED) is 0.831. The summed E-state index contributed by atoms with van der Waals surface area (Å²) in [6, 6.07) is 3.10. The van der Waals surface area contributed by atoms with Gasteiger partial charge in [-0.05, 0) is 57.1 Å². The molecule has 2 atom stereocenters. The Labute approximate surface area is 132 Å². The maximum atomic E-state index is 6.14. The molecule has 2 aliphatic carbocycles. The van der Waals surface area contributed by atoms with Crippen LogP contribution in [0.4, 0.5) is 0 Å². The molecule has 3 rings (SSSR count). The summed E-state index contributed by atoms with van der Waals surface area (Å²) in [5.74, 6) is 0. The van der Waals surface area contributed by atoms with Gasteiger partial charge in [0.1, 0.15) is 0 Å². The predicted octanol–water partition coefficient (Wildman–Crippen LogP) is 3.78. The number of hydrogen-bond donors (Lipinski definition) is 1. The van der Waals surface area contributed by atoms with Gasteiger partial charge in [-0.1, -0.05) is 0 Å². The van der Waals surface area contributed by atoms with E-state index in [1.54, 1.807) is 0 Å². The van der Waals surface area contributed by atoms with E-state index < -0.39 is 0 Å². The van der Waals surface area contributed by atoms with E-state index in [1.807, 2.05) is 18.4 Å². The summed E-state index contributed by atoms with van der Waals surface area (Å²) in [7, 11) is 1.81. The first kappa shape index (κ1) is 15.5. The van der Waals surface area contributed by atoms with E-state index in [-0.39, 0.29) is 0 Å². The van der Waals surface area contributed by atoms with Crippen LogP contribution in [-0.2, 0) is 22.6 Å². The van der Waals surface area contributed by atoms with E-state index in [0.29, 0.717) is 12.2 Å². The molecule has 2 aliphatic rings. The van der Waals surface area contributed by atoms with Gasteiger partial charge in [0.2, 0.25) is 0 Å². The molecule has 2 saturated carbocycles. The first-order valence-electron chi connectivity index (χ1n) is 8.20. The minimum Gasteiger partial charge on any atom is -0.381 e. The third kappa shape index (κ3) is 4.52. The Morgan fingerprint density at radius 2 is 2.05 bits per heavy atom. The lowest BCUT2D eigenvalue weighted by molar-refractivity contribution is -0.0363. The maximum absolute atomic E-state index is 6.14. The Hall–Kier alpha value is -0.420. The van der Waals surface area contributed by atoms with Gasteiger partial charge in [0.15, 0.2) is 0 Å². The molecule has 0 radical (unpaired) electrons. The molecule has 1 N–H and O–H groups in total. The highest BCUT2D eigenvalue weighted by Crippen LogP contribution is 2.27. The lowest BCUT2D eigenvalue weighted by Gasteiger charge is -2.28. The zero-order valence-electron chi connectivity index (χ0n) is 13.2. The fourth-order valence-corrected chi connectivity index (χ4v) is 4.02. The van der Waals surface area contributed by atoms with Crippen molar-refractivity contribution in [2.45, 2.75) is 76.9 Å². The monoisotopic (exact) mass is 309 g/mol. The third-order valence-corrected chi connectivity index (χ3v) is 5.69. The second-order valence-electron chi connectivity index (χ2n) is 6.41. The van der Waals surface area contributed by atoms with Crippen LogP contribution in [0.1, 0.15) is 53.8 Å². The molecule has 2 unspecified atom stereocenters. The molecule has 0 aliphatic heterocycles. The number of rotatable bonds is 7. The van der Waals surface area contributed by atoms with E-state index in [0.717, 1.165) is 25.6 Å². The molecule has 21 heavy (non-hydrogen) atoms. The van der Waals surface area contributed by atoms with Crippen molar-refractivity contribution in [3.63, 3.8) is 0 Å². The molecular formula is C17H27NO2S. The van der Waals surface area contributed by atoms with Gasteiger partial charge in [-0.15, -0.1) is 11.3 Å². The molecular weight excluding hydrogens is 282 g/mol. The standard InChI is InChI=1S/C17H27NO2S/c1-12-13(8-17(21-12)10-18-14-6-7-14)11-20-16-5-3-4-15(9-16)19-2/h8,14-16,18H,3-7,9-11H2,1-2H3. The van der Waals surface area contributed by atoms with Gasteiger partial charge in [0, 0.05) is 29.5 Å². The average Bonchev–Trinajstić information content (AvgIpc) is 3.27. The highest BCUT2D eigenvalue weighted by molar-refractivity contribution is 7.12. The maximum Gasteiger partial charge on any atom is 0.0731 e. The van der Waals surface area contributed by atoms with Gasteiger partial charge in [0.25, 0.3) is 0 Å². The fourth-order valence-electron chi connectivity index (χ4n) is 3.03. The van der Waals surface area contributed by atoms with Gasteiger partial charge in [-0.2, -0.15) is 0 Å². The number of aryl methyl sites for hydroxylation is 1. The number of thiophene rings is 1. The summed E-state index contributed by atoms with van der Waals surface area (Å²) >= 11 is 1.91. The Morgan fingerprint density at radius 3 is 2.81 bits per heavy atom. The second kappa shape index (κ2) is 7.23. The van der Waals surface area contributed by atoms with Crippen LogP contribution < -0.4 is 5.32 Å². The molecule has 0 aromatic carbocycles. The molecule has 0 bridgehead atoms. The highest BCUT2D eigenvalue weighted by Gasteiger charge is 2.23. The summed E-state index contributed by atoms with van der Waals surface area (Å²) in [4.78, 5) is 2.85. The highest BCUT2D eigenvalue weighted by atomic mass is 32.1. The van der Waals surface area contributed by atoms with E-state index in [2.05, 4.69) is 18.3 Å². The Kier molecular flexibility index (Phi) is 5.33. The summed E-state index contributed by atoms with van der Waals surface area (Å²) in [6.07, 6.45) is 8.11. The SMILES string of the molecule is COC1CCCC(OCc2cc(CNC3CC3)sc2C)C1. The Morgan fingerprint density at radius 1 is 1.24 bits per heavy atom. The summed E-state index contributed by atoms with van der Waals surface area (Å²) in [6.45, 7) is 3.99. The van der Waals surface area contributed by atoms with Crippen molar-refractivity contribution in [1.29, 1.82) is 0 Å². The van der Waals surface area contributed by atoms with Crippen molar-refractivity contribution in [2.24, 2.45) is 0 Å². The van der Waals surface area contributed by atoms with Crippen LogP contribution in [0.15, 0.2) is 6.07 Å². The summed E-state index contributed by atoms with van der Waals surface area (Å²) < 4.78 is 11.6. The summed E-state index contributed by atoms with van der Waals surface area (Å²) in [5, 5.41) is 3.59. The van der Waals surface area contributed by atoms with Crippen LogP contribution in [0.5, 0.6) is 0 Å². The van der Waals surface area contributed by atoms with Gasteiger partial charge in [-0.25, -0.2) is 0 Å². The Bertz CT molecular complexity index is 456. The van der Waals surface area contributed by atoms with Crippen molar-refractivity contribution in [2.75, 3.05) is 7.11 Å². The van der Waals surface area contributed by atoms with Gasteiger partial charge in [-0.3, -0.25) is 0 Å². The molecule has 1 heterocycles. The van der Waals surface area contributed by atoms with Crippen molar-refractivity contribution >= 4 is 11.3 Å². The normalized spacial score (nSPS) is 26.2. The lowest BCUT2D eigenvalue weighted by Crippen LogP contribution is -2.27. The first-order valence-corrected chi connectivity index (χ1v) is 9.02. The second-order valence-corrected chi connectivity index (χ2v) is 7.75. The zero-order chi connectivity index (χ0) is 14.7. The number of ether oxygens (including phenoxy) is 2. The number of methoxy groups -OCH3 is 1. The zero-order valence-corrected chi connectivity index (χ0v) is 14.0.